The van der Waals surface area contributed by atoms with Gasteiger partial charge in [-0.05, 0) is 41.7 Å². The van der Waals surface area contributed by atoms with E-state index in [1.165, 1.54) is 0 Å². The summed E-state index contributed by atoms with van der Waals surface area (Å²) in [5.41, 5.74) is 1.32. The van der Waals surface area contributed by atoms with E-state index < -0.39 is 5.60 Å². The molecule has 1 amide bonds. The second-order valence-corrected chi connectivity index (χ2v) is 6.90. The molecule has 3 nitrogen and oxygen atoms in total. The van der Waals surface area contributed by atoms with Crippen molar-refractivity contribution in [3.05, 3.63) is 69.2 Å². The molecular weight excluding hydrogens is 345 g/mol. The number of hydrogen-bond acceptors (Lipinski definition) is 2. The van der Waals surface area contributed by atoms with Gasteiger partial charge in [-0.3, -0.25) is 4.79 Å². The van der Waals surface area contributed by atoms with E-state index in [1.54, 1.807) is 18.2 Å². The third kappa shape index (κ3) is 3.04. The van der Waals surface area contributed by atoms with Crippen LogP contribution in [0.3, 0.4) is 0 Å². The van der Waals surface area contributed by atoms with Crippen LogP contribution in [-0.4, -0.2) is 11.0 Å². The molecule has 0 fully saturated rings. The highest BCUT2D eigenvalue weighted by Crippen LogP contribution is 2.45. The van der Waals surface area contributed by atoms with Gasteiger partial charge < -0.3 is 10.4 Å². The smallest absolute Gasteiger partial charge is 0.220 e. The Hall–Kier alpha value is -1.55. The number of amides is 1. The molecule has 3 rings (SSSR count). The molecule has 0 saturated carbocycles. The fourth-order valence-electron chi connectivity index (χ4n) is 3.32. The summed E-state index contributed by atoms with van der Waals surface area (Å²) in [5, 5.41) is 15.3. The molecule has 24 heavy (non-hydrogen) atoms. The van der Waals surface area contributed by atoms with Crippen molar-refractivity contribution in [2.75, 3.05) is 0 Å². The number of benzene rings is 2. The second kappa shape index (κ2) is 6.75. The van der Waals surface area contributed by atoms with Crippen molar-refractivity contribution in [2.24, 2.45) is 0 Å². The predicted molar refractivity (Wildman–Crippen MR) is 96.3 cm³/mol. The molecule has 2 aromatic rings. The molecule has 5 heteroatoms. The second-order valence-electron chi connectivity index (χ2n) is 6.09. The lowest BCUT2D eigenvalue weighted by Gasteiger charge is -2.39. The van der Waals surface area contributed by atoms with Crippen molar-refractivity contribution in [2.45, 2.75) is 37.8 Å². The Labute approximate surface area is 151 Å². The van der Waals surface area contributed by atoms with Crippen LogP contribution in [0.15, 0.2) is 42.5 Å². The summed E-state index contributed by atoms with van der Waals surface area (Å²) in [5.74, 6) is 0.00906. The van der Waals surface area contributed by atoms with Gasteiger partial charge in [0.15, 0.2) is 0 Å². The lowest BCUT2D eigenvalue weighted by molar-refractivity contribution is -0.121. The minimum absolute atomic E-state index is 0.00906. The molecular formula is C19H19Cl2NO2. The van der Waals surface area contributed by atoms with Gasteiger partial charge in [-0.1, -0.05) is 60.5 Å². The molecule has 2 aromatic carbocycles. The van der Waals surface area contributed by atoms with Crippen LogP contribution in [0.2, 0.25) is 10.0 Å². The summed E-state index contributed by atoms with van der Waals surface area (Å²) in [6.45, 7) is 1.83. The Balaban J connectivity index is 2.05. The minimum Gasteiger partial charge on any atom is -0.380 e. The van der Waals surface area contributed by atoms with E-state index in [0.717, 1.165) is 11.1 Å². The van der Waals surface area contributed by atoms with Crippen LogP contribution in [0.1, 0.15) is 48.9 Å². The quantitative estimate of drug-likeness (QED) is 0.837. The molecule has 126 valence electrons. The number of hydrogen-bond donors (Lipinski definition) is 2. The summed E-state index contributed by atoms with van der Waals surface area (Å²) in [6, 6.07) is 12.8. The minimum atomic E-state index is -1.14. The number of halogens is 2. The summed E-state index contributed by atoms with van der Waals surface area (Å²) < 4.78 is 0. The van der Waals surface area contributed by atoms with E-state index in [2.05, 4.69) is 5.32 Å². The predicted octanol–water partition coefficient (Wildman–Crippen LogP) is 4.59. The van der Waals surface area contributed by atoms with Crippen molar-refractivity contribution in [3.63, 3.8) is 0 Å². The Bertz CT molecular complexity index is 778. The van der Waals surface area contributed by atoms with E-state index in [1.807, 2.05) is 31.2 Å². The Kier molecular flexibility index (Phi) is 4.86. The van der Waals surface area contributed by atoms with Gasteiger partial charge in [-0.15, -0.1) is 0 Å². The van der Waals surface area contributed by atoms with Crippen LogP contribution in [-0.2, 0) is 10.4 Å². The third-order valence-electron chi connectivity index (χ3n) is 4.63. The summed E-state index contributed by atoms with van der Waals surface area (Å²) in [7, 11) is 0. The van der Waals surface area contributed by atoms with Crippen LogP contribution in [0.25, 0.3) is 0 Å². The molecule has 2 N–H and O–H groups in total. The van der Waals surface area contributed by atoms with Gasteiger partial charge >= 0.3 is 0 Å². The molecule has 1 aliphatic rings. The van der Waals surface area contributed by atoms with E-state index in [4.69, 9.17) is 23.2 Å². The topological polar surface area (TPSA) is 49.3 Å². The normalized spacial score (nSPS) is 22.8. The molecule has 0 radical (unpaired) electrons. The first-order valence-corrected chi connectivity index (χ1v) is 8.78. The molecule has 0 saturated heterocycles. The fraction of sp³-hybridized carbons (Fsp3) is 0.316. The monoisotopic (exact) mass is 363 g/mol. The molecule has 0 bridgehead atoms. The standard InChI is InChI=1S/C19H19Cl2NO2/c1-2-18(23)22-17-9-10-19(24,14-6-4-3-5-13(14)17)12-7-8-15(20)16(21)11-12/h3-8,11,17,24H,2,9-10H2,1H3,(H,22,23). The first-order chi connectivity index (χ1) is 11.5. The van der Waals surface area contributed by atoms with Crippen molar-refractivity contribution < 1.29 is 9.90 Å². The SMILES string of the molecule is CCC(=O)NC1CCC(O)(c2ccc(Cl)c(Cl)c2)c2ccccc21. The number of carbonyl (C=O) groups excluding carboxylic acids is 1. The van der Waals surface area contributed by atoms with Crippen LogP contribution >= 0.6 is 23.2 Å². The number of carbonyl (C=O) groups is 1. The van der Waals surface area contributed by atoms with Crippen LogP contribution in [0.5, 0.6) is 0 Å². The van der Waals surface area contributed by atoms with Crippen molar-refractivity contribution in [1.29, 1.82) is 0 Å². The first-order valence-electron chi connectivity index (χ1n) is 8.02. The Morgan fingerprint density at radius 2 is 2.00 bits per heavy atom. The number of rotatable bonds is 3. The maximum Gasteiger partial charge on any atom is 0.220 e. The third-order valence-corrected chi connectivity index (χ3v) is 5.37. The van der Waals surface area contributed by atoms with Gasteiger partial charge in [-0.25, -0.2) is 0 Å². The van der Waals surface area contributed by atoms with Gasteiger partial charge in [0, 0.05) is 6.42 Å². The number of fused-ring (bicyclic) bond motifs is 1. The molecule has 2 unspecified atom stereocenters. The van der Waals surface area contributed by atoms with E-state index in [-0.39, 0.29) is 11.9 Å². The zero-order valence-corrected chi connectivity index (χ0v) is 14.9. The largest absolute Gasteiger partial charge is 0.380 e. The maximum atomic E-state index is 11.8. The molecule has 0 heterocycles. The summed E-state index contributed by atoms with van der Waals surface area (Å²) in [4.78, 5) is 11.8. The van der Waals surface area contributed by atoms with E-state index in [9.17, 15) is 9.90 Å². The zero-order chi connectivity index (χ0) is 17.3. The lowest BCUT2D eigenvalue weighted by atomic mass is 9.73. The highest BCUT2D eigenvalue weighted by molar-refractivity contribution is 6.42. The summed E-state index contributed by atoms with van der Waals surface area (Å²) >= 11 is 12.1. The fourth-order valence-corrected chi connectivity index (χ4v) is 3.62. The van der Waals surface area contributed by atoms with E-state index >= 15 is 0 Å². The number of nitrogens with one attached hydrogen (secondary N) is 1. The van der Waals surface area contributed by atoms with Crippen molar-refractivity contribution >= 4 is 29.1 Å². The molecule has 2 atom stereocenters. The van der Waals surface area contributed by atoms with Gasteiger partial charge in [-0.2, -0.15) is 0 Å². The lowest BCUT2D eigenvalue weighted by Crippen LogP contribution is -2.38. The van der Waals surface area contributed by atoms with Gasteiger partial charge in [0.2, 0.25) is 5.91 Å². The van der Waals surface area contributed by atoms with Gasteiger partial charge in [0.1, 0.15) is 5.60 Å². The van der Waals surface area contributed by atoms with Crippen LogP contribution < -0.4 is 5.32 Å². The molecule has 1 aliphatic carbocycles. The number of aliphatic hydroxyl groups is 1. The van der Waals surface area contributed by atoms with Gasteiger partial charge in [0.05, 0.1) is 16.1 Å². The molecule has 0 aliphatic heterocycles. The highest BCUT2D eigenvalue weighted by Gasteiger charge is 2.40. The Morgan fingerprint density at radius 1 is 1.25 bits per heavy atom. The highest BCUT2D eigenvalue weighted by atomic mass is 35.5. The van der Waals surface area contributed by atoms with Crippen molar-refractivity contribution in [3.8, 4) is 0 Å². The average Bonchev–Trinajstić information content (AvgIpc) is 2.60. The maximum absolute atomic E-state index is 11.8. The van der Waals surface area contributed by atoms with Crippen molar-refractivity contribution in [1.82, 2.24) is 5.32 Å². The Morgan fingerprint density at radius 3 is 2.71 bits per heavy atom. The molecule has 0 spiro atoms. The van der Waals surface area contributed by atoms with Crippen LogP contribution in [0, 0.1) is 0 Å². The van der Waals surface area contributed by atoms with E-state index in [0.29, 0.717) is 34.9 Å². The summed E-state index contributed by atoms with van der Waals surface area (Å²) in [6.07, 6.45) is 1.59. The zero-order valence-electron chi connectivity index (χ0n) is 13.4. The molecule has 0 aromatic heterocycles. The van der Waals surface area contributed by atoms with Gasteiger partial charge in [0.25, 0.3) is 0 Å². The van der Waals surface area contributed by atoms with Crippen LogP contribution in [0.4, 0.5) is 0 Å². The average molecular weight is 364 g/mol. The first kappa shape index (κ1) is 17.3.